The number of hydrogen-bond acceptors (Lipinski definition) is 2. The van der Waals surface area contributed by atoms with E-state index in [9.17, 15) is 0 Å². The van der Waals surface area contributed by atoms with E-state index < -0.39 is 0 Å². The van der Waals surface area contributed by atoms with Crippen LogP contribution in [0.15, 0.2) is 0 Å². The molecule has 60 valence electrons. The lowest BCUT2D eigenvalue weighted by atomic mass is 10.2. The first-order valence-electron chi connectivity index (χ1n) is 4.28. The molecule has 0 unspecified atom stereocenters. The van der Waals surface area contributed by atoms with Gasteiger partial charge in [0.15, 0.2) is 0 Å². The van der Waals surface area contributed by atoms with Crippen molar-refractivity contribution in [3.05, 3.63) is 0 Å². The van der Waals surface area contributed by atoms with Crippen molar-refractivity contribution >= 4 is 0 Å². The van der Waals surface area contributed by atoms with Crippen molar-refractivity contribution in [3.8, 4) is 0 Å². The topological polar surface area (TPSA) is 15.3 Å². The Hall–Kier alpha value is -0.0800. The molecule has 0 aliphatic carbocycles. The van der Waals surface area contributed by atoms with Gasteiger partial charge in [-0.2, -0.15) is 0 Å². The zero-order chi connectivity index (χ0) is 7.40. The van der Waals surface area contributed by atoms with E-state index in [1.54, 1.807) is 0 Å². The van der Waals surface area contributed by atoms with E-state index >= 15 is 0 Å². The molecular weight excluding hydrogens is 124 g/mol. The molecule has 1 saturated heterocycles. The molecule has 1 fully saturated rings. The van der Waals surface area contributed by atoms with Crippen LogP contribution in [0.1, 0.15) is 20.3 Å². The van der Waals surface area contributed by atoms with Crippen LogP contribution in [0.4, 0.5) is 0 Å². The number of nitrogens with zero attached hydrogens (tertiary/aromatic N) is 1. The van der Waals surface area contributed by atoms with Gasteiger partial charge >= 0.3 is 0 Å². The Kier molecular flexibility index (Phi) is 3.16. The van der Waals surface area contributed by atoms with E-state index in [1.807, 2.05) is 0 Å². The Labute approximate surface area is 63.6 Å². The summed E-state index contributed by atoms with van der Waals surface area (Å²) in [5.41, 5.74) is 0. The predicted octanol–water partition coefficient (Wildman–Crippen LogP) is 0.690. The minimum atomic E-state index is 0.695. The van der Waals surface area contributed by atoms with Gasteiger partial charge in [0.1, 0.15) is 0 Å². The summed E-state index contributed by atoms with van der Waals surface area (Å²) in [7, 11) is 0. The first-order chi connectivity index (χ1) is 4.83. The normalized spacial score (nSPS) is 28.8. The lowest BCUT2D eigenvalue weighted by Crippen LogP contribution is -2.49. The number of nitrogens with one attached hydrogen (secondary N) is 1. The van der Waals surface area contributed by atoms with Crippen molar-refractivity contribution in [2.24, 2.45) is 0 Å². The van der Waals surface area contributed by atoms with Gasteiger partial charge in [-0.05, 0) is 19.9 Å². The van der Waals surface area contributed by atoms with Crippen LogP contribution in [0.3, 0.4) is 0 Å². The van der Waals surface area contributed by atoms with Crippen LogP contribution >= 0.6 is 0 Å². The summed E-state index contributed by atoms with van der Waals surface area (Å²) in [5, 5.41) is 3.43. The summed E-state index contributed by atoms with van der Waals surface area (Å²) in [4.78, 5) is 2.53. The molecular formula is C8H18N2. The highest BCUT2D eigenvalue weighted by Gasteiger charge is 2.13. The van der Waals surface area contributed by atoms with Gasteiger partial charge in [0.2, 0.25) is 0 Å². The van der Waals surface area contributed by atoms with Gasteiger partial charge in [0.05, 0.1) is 0 Å². The number of rotatable bonds is 2. The second kappa shape index (κ2) is 3.94. The van der Waals surface area contributed by atoms with E-state index in [2.05, 4.69) is 24.1 Å². The summed E-state index contributed by atoms with van der Waals surface area (Å²) < 4.78 is 0. The summed E-state index contributed by atoms with van der Waals surface area (Å²) in [6.07, 6.45) is 1.28. The average molecular weight is 142 g/mol. The fourth-order valence-electron chi connectivity index (χ4n) is 1.53. The number of hydrogen-bond donors (Lipinski definition) is 1. The summed E-state index contributed by atoms with van der Waals surface area (Å²) in [6.45, 7) is 9.40. The Balaban J connectivity index is 2.18. The van der Waals surface area contributed by atoms with Crippen molar-refractivity contribution in [3.63, 3.8) is 0 Å². The fraction of sp³-hybridized carbons (Fsp3) is 1.00. The summed E-state index contributed by atoms with van der Waals surface area (Å²) >= 11 is 0. The predicted molar refractivity (Wildman–Crippen MR) is 44.2 cm³/mol. The third-order valence-electron chi connectivity index (χ3n) is 1.99. The van der Waals surface area contributed by atoms with E-state index in [0.717, 1.165) is 0 Å². The molecule has 1 atom stereocenters. The van der Waals surface area contributed by atoms with E-state index in [1.165, 1.54) is 32.6 Å². The van der Waals surface area contributed by atoms with Gasteiger partial charge in [-0.1, -0.05) is 6.92 Å². The minimum Gasteiger partial charge on any atom is -0.312 e. The van der Waals surface area contributed by atoms with Gasteiger partial charge in [-0.25, -0.2) is 0 Å². The molecule has 0 aromatic carbocycles. The maximum absolute atomic E-state index is 3.43. The first kappa shape index (κ1) is 8.02. The smallest absolute Gasteiger partial charge is 0.0167 e. The monoisotopic (exact) mass is 142 g/mol. The first-order valence-corrected chi connectivity index (χ1v) is 4.28. The van der Waals surface area contributed by atoms with Gasteiger partial charge in [0.25, 0.3) is 0 Å². The maximum Gasteiger partial charge on any atom is 0.0167 e. The molecule has 1 aliphatic rings. The molecule has 0 radical (unpaired) electrons. The molecule has 1 aliphatic heterocycles. The van der Waals surface area contributed by atoms with Crippen LogP contribution in [-0.4, -0.2) is 37.1 Å². The average Bonchev–Trinajstić information content (AvgIpc) is 1.88. The van der Waals surface area contributed by atoms with E-state index in [0.29, 0.717) is 6.04 Å². The van der Waals surface area contributed by atoms with Crippen LogP contribution in [0.25, 0.3) is 0 Å². The molecule has 1 heterocycles. The van der Waals surface area contributed by atoms with Crippen LogP contribution in [-0.2, 0) is 0 Å². The molecule has 2 nitrogen and oxygen atoms in total. The van der Waals surface area contributed by atoms with Crippen LogP contribution in [0, 0.1) is 0 Å². The highest BCUT2D eigenvalue weighted by molar-refractivity contribution is 4.73. The third kappa shape index (κ3) is 2.27. The van der Waals surface area contributed by atoms with Crippen molar-refractivity contribution in [1.29, 1.82) is 0 Å². The molecule has 0 aromatic heterocycles. The van der Waals surface area contributed by atoms with Gasteiger partial charge in [-0.3, -0.25) is 0 Å². The molecule has 1 N–H and O–H groups in total. The van der Waals surface area contributed by atoms with Gasteiger partial charge in [-0.15, -0.1) is 0 Å². The second-order valence-electron chi connectivity index (χ2n) is 3.16. The molecule has 0 bridgehead atoms. The highest BCUT2D eigenvalue weighted by Crippen LogP contribution is 1.98. The van der Waals surface area contributed by atoms with Crippen molar-refractivity contribution < 1.29 is 0 Å². The van der Waals surface area contributed by atoms with Crippen LogP contribution in [0.2, 0.25) is 0 Å². The molecule has 0 aromatic rings. The maximum atomic E-state index is 3.43. The van der Waals surface area contributed by atoms with Crippen molar-refractivity contribution in [2.75, 3.05) is 26.2 Å². The molecule has 10 heavy (non-hydrogen) atoms. The minimum absolute atomic E-state index is 0.695. The van der Waals surface area contributed by atoms with Crippen molar-refractivity contribution in [2.45, 2.75) is 26.3 Å². The Morgan fingerprint density at radius 2 is 2.40 bits per heavy atom. The molecule has 0 amide bonds. The zero-order valence-electron chi connectivity index (χ0n) is 7.06. The molecule has 2 heteroatoms. The number of piperazine rings is 1. The zero-order valence-corrected chi connectivity index (χ0v) is 7.06. The molecule has 0 saturated carbocycles. The quantitative estimate of drug-likeness (QED) is 0.610. The summed E-state index contributed by atoms with van der Waals surface area (Å²) in [5.74, 6) is 0. The Morgan fingerprint density at radius 3 is 3.00 bits per heavy atom. The van der Waals surface area contributed by atoms with Crippen molar-refractivity contribution in [1.82, 2.24) is 10.2 Å². The largest absolute Gasteiger partial charge is 0.312 e. The third-order valence-corrected chi connectivity index (χ3v) is 1.99. The lowest BCUT2D eigenvalue weighted by molar-refractivity contribution is 0.207. The molecule has 0 spiro atoms. The Morgan fingerprint density at radius 1 is 1.60 bits per heavy atom. The van der Waals surface area contributed by atoms with Crippen LogP contribution in [0.5, 0.6) is 0 Å². The second-order valence-corrected chi connectivity index (χ2v) is 3.16. The van der Waals surface area contributed by atoms with Gasteiger partial charge in [0, 0.05) is 25.7 Å². The fourth-order valence-corrected chi connectivity index (χ4v) is 1.53. The van der Waals surface area contributed by atoms with Gasteiger partial charge < -0.3 is 10.2 Å². The lowest BCUT2D eigenvalue weighted by Gasteiger charge is -2.31. The standard InChI is InChI=1S/C8H18N2/c1-3-5-10-6-4-9-8(2)7-10/h8-9H,3-7H2,1-2H3/t8-/m1/s1. The van der Waals surface area contributed by atoms with E-state index in [-0.39, 0.29) is 0 Å². The Bertz CT molecular complexity index is 91.3. The summed E-state index contributed by atoms with van der Waals surface area (Å²) in [6, 6.07) is 0.695. The highest BCUT2D eigenvalue weighted by atomic mass is 15.2. The van der Waals surface area contributed by atoms with Crippen LogP contribution < -0.4 is 5.32 Å². The molecule has 1 rings (SSSR count). The van der Waals surface area contributed by atoms with E-state index in [4.69, 9.17) is 0 Å². The SMILES string of the molecule is CCCN1CCN[C@H](C)C1.